The van der Waals surface area contributed by atoms with Gasteiger partial charge in [-0.1, -0.05) is 0 Å². The zero-order chi connectivity index (χ0) is 7.14. The van der Waals surface area contributed by atoms with Gasteiger partial charge in [0.15, 0.2) is 5.78 Å². The summed E-state index contributed by atoms with van der Waals surface area (Å²) in [6, 6.07) is 2.22. The van der Waals surface area contributed by atoms with E-state index in [2.05, 4.69) is 5.73 Å². The summed E-state index contributed by atoms with van der Waals surface area (Å²) in [4.78, 5) is 12.0. The molecule has 0 amide bonds. The normalized spacial score (nSPS) is 23.3. The monoisotopic (exact) mass is 154 g/mol. The Hall–Kier alpha value is -0.670. The maximum Gasteiger partial charge on any atom is 0.179 e. The highest BCUT2D eigenvalue weighted by atomic mass is 32.1. The van der Waals surface area contributed by atoms with Crippen molar-refractivity contribution < 1.29 is 10.5 Å². The molecule has 1 aliphatic carbocycles. The lowest BCUT2D eigenvalue weighted by atomic mass is 10.2. The van der Waals surface area contributed by atoms with Crippen LogP contribution in [0.3, 0.4) is 0 Å². The summed E-state index contributed by atoms with van der Waals surface area (Å²) in [6.45, 7) is 0. The molecule has 2 nitrogen and oxygen atoms in total. The topological polar surface area (TPSA) is 44.7 Å². The second kappa shape index (κ2) is 1.90. The Kier molecular flexibility index (Phi) is 1.16. The third-order valence-electron chi connectivity index (χ3n) is 1.82. The average Bonchev–Trinajstić information content (AvgIpc) is 2.39. The van der Waals surface area contributed by atoms with Crippen molar-refractivity contribution in [2.24, 2.45) is 0 Å². The lowest BCUT2D eigenvalue weighted by molar-refractivity contribution is -0.423. The summed E-state index contributed by atoms with van der Waals surface area (Å²) in [5.74, 6) is 0.269. The van der Waals surface area contributed by atoms with Gasteiger partial charge >= 0.3 is 0 Å². The van der Waals surface area contributed by atoms with Gasteiger partial charge in [0.05, 0.1) is 11.3 Å². The fraction of sp³-hybridized carbons (Fsp3) is 0.286. The maximum atomic E-state index is 11.1. The van der Waals surface area contributed by atoms with E-state index in [1.807, 2.05) is 11.4 Å². The van der Waals surface area contributed by atoms with E-state index in [0.717, 1.165) is 10.4 Å². The van der Waals surface area contributed by atoms with Crippen molar-refractivity contribution in [2.75, 3.05) is 0 Å². The molecule has 3 N–H and O–H groups in total. The minimum absolute atomic E-state index is 0.216. The molecule has 0 saturated heterocycles. The van der Waals surface area contributed by atoms with Crippen LogP contribution in [-0.4, -0.2) is 5.78 Å². The summed E-state index contributed by atoms with van der Waals surface area (Å²) in [5.41, 5.74) is 5.04. The Balaban J connectivity index is 2.58. The molecule has 0 unspecified atom stereocenters. The SMILES string of the molecule is [NH3+][C@@H]1CC(=O)c2sccc21. The van der Waals surface area contributed by atoms with E-state index in [0.29, 0.717) is 6.42 Å². The fourth-order valence-corrected chi connectivity index (χ4v) is 2.23. The van der Waals surface area contributed by atoms with Crippen LogP contribution in [-0.2, 0) is 0 Å². The highest BCUT2D eigenvalue weighted by Crippen LogP contribution is 2.31. The second-order valence-corrected chi connectivity index (χ2v) is 3.45. The summed E-state index contributed by atoms with van der Waals surface area (Å²) < 4.78 is 0. The number of quaternary nitrogens is 1. The van der Waals surface area contributed by atoms with Gasteiger partial charge in [-0.15, -0.1) is 11.3 Å². The first kappa shape index (κ1) is 6.07. The van der Waals surface area contributed by atoms with E-state index in [9.17, 15) is 4.79 Å². The molecule has 3 heteroatoms. The van der Waals surface area contributed by atoms with Crippen molar-refractivity contribution in [3.63, 3.8) is 0 Å². The zero-order valence-electron chi connectivity index (χ0n) is 5.46. The number of fused-ring (bicyclic) bond motifs is 1. The lowest BCUT2D eigenvalue weighted by Crippen LogP contribution is -2.52. The van der Waals surface area contributed by atoms with Crippen LogP contribution in [0, 0.1) is 0 Å². The van der Waals surface area contributed by atoms with Gasteiger partial charge in [0.1, 0.15) is 6.04 Å². The highest BCUT2D eigenvalue weighted by Gasteiger charge is 2.30. The van der Waals surface area contributed by atoms with Crippen molar-refractivity contribution in [1.29, 1.82) is 0 Å². The predicted molar refractivity (Wildman–Crippen MR) is 38.9 cm³/mol. The van der Waals surface area contributed by atoms with Gasteiger partial charge in [-0.25, -0.2) is 0 Å². The molecule has 1 aromatic heterocycles. The molecule has 2 rings (SSSR count). The third-order valence-corrected chi connectivity index (χ3v) is 2.79. The fourth-order valence-electron chi connectivity index (χ4n) is 1.29. The number of Topliss-reactive ketones (excluding diaryl/α,β-unsaturated/α-hetero) is 1. The number of hydrogen-bond donors (Lipinski definition) is 1. The van der Waals surface area contributed by atoms with Gasteiger partial charge in [0, 0.05) is 5.56 Å². The van der Waals surface area contributed by atoms with Crippen molar-refractivity contribution in [3.8, 4) is 0 Å². The first-order valence-electron chi connectivity index (χ1n) is 3.22. The molecule has 10 heavy (non-hydrogen) atoms. The minimum Gasteiger partial charge on any atom is -0.351 e. The Labute approximate surface area is 62.7 Å². The molecule has 0 saturated carbocycles. The molecule has 52 valence electrons. The van der Waals surface area contributed by atoms with Crippen molar-refractivity contribution >= 4 is 17.1 Å². The van der Waals surface area contributed by atoms with Crippen LogP contribution in [0.25, 0.3) is 0 Å². The van der Waals surface area contributed by atoms with Crippen LogP contribution >= 0.6 is 11.3 Å². The number of ketones is 1. The molecular weight excluding hydrogens is 146 g/mol. The van der Waals surface area contributed by atoms with Gasteiger partial charge in [0.2, 0.25) is 0 Å². The third kappa shape index (κ3) is 0.646. The molecule has 1 aliphatic rings. The van der Waals surface area contributed by atoms with Gasteiger partial charge < -0.3 is 5.73 Å². The average molecular weight is 154 g/mol. The van der Waals surface area contributed by atoms with E-state index in [-0.39, 0.29) is 11.8 Å². The molecule has 1 atom stereocenters. The van der Waals surface area contributed by atoms with Crippen LogP contribution in [0.4, 0.5) is 0 Å². The first-order chi connectivity index (χ1) is 4.79. The van der Waals surface area contributed by atoms with Gasteiger partial charge in [0.25, 0.3) is 0 Å². The molecule has 0 aromatic carbocycles. The van der Waals surface area contributed by atoms with E-state index in [1.165, 1.54) is 11.3 Å². The Bertz CT molecular complexity index is 279. The number of thiophene rings is 1. The highest BCUT2D eigenvalue weighted by molar-refractivity contribution is 7.12. The molecular formula is C7H8NOS+. The van der Waals surface area contributed by atoms with E-state index < -0.39 is 0 Å². The predicted octanol–water partition coefficient (Wildman–Crippen LogP) is 0.618. The Morgan fingerprint density at radius 2 is 2.50 bits per heavy atom. The van der Waals surface area contributed by atoms with Crippen LogP contribution in [0.5, 0.6) is 0 Å². The van der Waals surface area contributed by atoms with Crippen LogP contribution in [0.15, 0.2) is 11.4 Å². The Morgan fingerprint density at radius 3 is 3.20 bits per heavy atom. The minimum atomic E-state index is 0.216. The molecule has 1 heterocycles. The summed E-state index contributed by atoms with van der Waals surface area (Å²) in [6.07, 6.45) is 0.613. The van der Waals surface area contributed by atoms with Crippen LogP contribution < -0.4 is 5.73 Å². The molecule has 0 aliphatic heterocycles. The number of hydrogen-bond acceptors (Lipinski definition) is 2. The zero-order valence-corrected chi connectivity index (χ0v) is 6.28. The van der Waals surface area contributed by atoms with Crippen molar-refractivity contribution in [3.05, 3.63) is 21.9 Å². The smallest absolute Gasteiger partial charge is 0.179 e. The van der Waals surface area contributed by atoms with Gasteiger partial charge in [-0.2, -0.15) is 0 Å². The van der Waals surface area contributed by atoms with Gasteiger partial charge in [-0.05, 0) is 11.4 Å². The number of carbonyl (C=O) groups excluding carboxylic acids is 1. The Morgan fingerprint density at radius 1 is 1.70 bits per heavy atom. The quantitative estimate of drug-likeness (QED) is 0.585. The van der Waals surface area contributed by atoms with Crippen molar-refractivity contribution in [2.45, 2.75) is 12.5 Å². The van der Waals surface area contributed by atoms with Crippen LogP contribution in [0.2, 0.25) is 0 Å². The van der Waals surface area contributed by atoms with E-state index >= 15 is 0 Å². The van der Waals surface area contributed by atoms with E-state index in [1.54, 1.807) is 0 Å². The summed E-state index contributed by atoms with van der Waals surface area (Å²) in [7, 11) is 0. The molecule has 0 radical (unpaired) electrons. The molecule has 1 aromatic rings. The lowest BCUT2D eigenvalue weighted by Gasteiger charge is -1.91. The molecule has 0 spiro atoms. The summed E-state index contributed by atoms with van der Waals surface area (Å²) in [5, 5.41) is 1.96. The standard InChI is InChI=1S/C7H7NOS/c8-5-3-6(9)7-4(5)1-2-10-7/h1-2,5H,3,8H2/p+1/t5-/m1/s1. The summed E-state index contributed by atoms with van der Waals surface area (Å²) >= 11 is 1.53. The van der Waals surface area contributed by atoms with Crippen LogP contribution in [0.1, 0.15) is 27.7 Å². The second-order valence-electron chi connectivity index (χ2n) is 2.53. The number of rotatable bonds is 0. The van der Waals surface area contributed by atoms with E-state index in [4.69, 9.17) is 0 Å². The molecule has 0 fully saturated rings. The molecule has 0 bridgehead atoms. The maximum absolute atomic E-state index is 11.1. The van der Waals surface area contributed by atoms with Crippen molar-refractivity contribution in [1.82, 2.24) is 0 Å². The number of carbonyl (C=O) groups is 1. The van der Waals surface area contributed by atoms with Gasteiger partial charge in [-0.3, -0.25) is 4.79 Å². The largest absolute Gasteiger partial charge is 0.351 e. The first-order valence-corrected chi connectivity index (χ1v) is 4.10.